The van der Waals surface area contributed by atoms with Crippen LogP contribution < -0.4 is 5.32 Å². The molecule has 0 bridgehead atoms. The van der Waals surface area contributed by atoms with Gasteiger partial charge in [0, 0.05) is 6.07 Å². The summed E-state index contributed by atoms with van der Waals surface area (Å²) in [6.45, 7) is 1.49. The van der Waals surface area contributed by atoms with Crippen LogP contribution in [0.15, 0.2) is 16.6 Å². The van der Waals surface area contributed by atoms with Crippen LogP contribution in [0.4, 0.5) is 14.5 Å². The SMILES string of the molecule is COC(=O)C(C)Nc1cc(F)c(Br)cc1F. The molecule has 0 spiro atoms. The highest BCUT2D eigenvalue weighted by Gasteiger charge is 2.16. The van der Waals surface area contributed by atoms with Gasteiger partial charge in [-0.1, -0.05) is 0 Å². The topological polar surface area (TPSA) is 38.3 Å². The predicted molar refractivity (Wildman–Crippen MR) is 59.2 cm³/mol. The summed E-state index contributed by atoms with van der Waals surface area (Å²) in [6, 6.07) is 1.21. The second-order valence-corrected chi connectivity index (χ2v) is 3.99. The summed E-state index contributed by atoms with van der Waals surface area (Å²) < 4.78 is 30.9. The minimum atomic E-state index is -0.750. The summed E-state index contributed by atoms with van der Waals surface area (Å²) in [7, 11) is 1.22. The van der Waals surface area contributed by atoms with E-state index < -0.39 is 23.6 Å². The largest absolute Gasteiger partial charge is 0.467 e. The van der Waals surface area contributed by atoms with Crippen molar-refractivity contribution in [3.8, 4) is 0 Å². The lowest BCUT2D eigenvalue weighted by molar-refractivity contribution is -0.141. The van der Waals surface area contributed by atoms with E-state index in [1.54, 1.807) is 0 Å². The van der Waals surface area contributed by atoms with Crippen LogP contribution in [0.2, 0.25) is 0 Å². The first kappa shape index (κ1) is 12.9. The van der Waals surface area contributed by atoms with Crippen molar-refractivity contribution in [2.75, 3.05) is 12.4 Å². The summed E-state index contributed by atoms with van der Waals surface area (Å²) >= 11 is 2.85. The third-order valence-electron chi connectivity index (χ3n) is 1.94. The van der Waals surface area contributed by atoms with Crippen LogP contribution in [-0.2, 0) is 9.53 Å². The van der Waals surface area contributed by atoms with E-state index in [2.05, 4.69) is 26.0 Å². The molecule has 1 rings (SSSR count). The van der Waals surface area contributed by atoms with Gasteiger partial charge < -0.3 is 10.1 Å². The number of methoxy groups -OCH3 is 1. The Kier molecular flexibility index (Phi) is 4.23. The highest BCUT2D eigenvalue weighted by Crippen LogP contribution is 2.23. The number of rotatable bonds is 3. The van der Waals surface area contributed by atoms with Crippen LogP contribution in [-0.4, -0.2) is 19.1 Å². The van der Waals surface area contributed by atoms with Gasteiger partial charge in [-0.2, -0.15) is 0 Å². The van der Waals surface area contributed by atoms with Crippen molar-refractivity contribution in [3.05, 3.63) is 28.2 Å². The summed E-state index contributed by atoms with van der Waals surface area (Å²) in [5.41, 5.74) is -0.0846. The molecule has 1 atom stereocenters. The molecule has 6 heteroatoms. The Morgan fingerprint density at radius 1 is 1.44 bits per heavy atom. The van der Waals surface area contributed by atoms with E-state index in [9.17, 15) is 13.6 Å². The zero-order valence-corrected chi connectivity index (χ0v) is 10.3. The molecule has 1 aromatic carbocycles. The maximum atomic E-state index is 13.3. The van der Waals surface area contributed by atoms with Crippen molar-refractivity contribution in [2.45, 2.75) is 13.0 Å². The van der Waals surface area contributed by atoms with Crippen LogP contribution in [0.5, 0.6) is 0 Å². The molecule has 0 radical (unpaired) electrons. The molecule has 0 aromatic heterocycles. The molecular formula is C10H10BrF2NO2. The summed E-state index contributed by atoms with van der Waals surface area (Å²) in [5.74, 6) is -1.81. The number of nitrogens with one attached hydrogen (secondary N) is 1. The van der Waals surface area contributed by atoms with Gasteiger partial charge >= 0.3 is 5.97 Å². The number of carbonyl (C=O) groups is 1. The smallest absolute Gasteiger partial charge is 0.327 e. The highest BCUT2D eigenvalue weighted by atomic mass is 79.9. The van der Waals surface area contributed by atoms with Gasteiger partial charge in [0.05, 0.1) is 17.3 Å². The molecule has 0 saturated carbocycles. The van der Waals surface area contributed by atoms with Gasteiger partial charge in [0.15, 0.2) is 0 Å². The molecule has 0 amide bonds. The van der Waals surface area contributed by atoms with Crippen LogP contribution in [0.1, 0.15) is 6.92 Å². The molecule has 0 fully saturated rings. The van der Waals surface area contributed by atoms with Crippen LogP contribution in [0.3, 0.4) is 0 Å². The standard InChI is InChI=1S/C10H10BrF2NO2/c1-5(10(15)16-2)14-9-4-7(12)6(11)3-8(9)13/h3-5,14H,1-2H3. The Labute approximate surface area is 99.9 Å². The lowest BCUT2D eigenvalue weighted by Gasteiger charge is -2.13. The molecule has 0 aliphatic carbocycles. The van der Waals surface area contributed by atoms with E-state index in [4.69, 9.17) is 0 Å². The van der Waals surface area contributed by atoms with Gasteiger partial charge in [0.1, 0.15) is 17.7 Å². The normalized spacial score (nSPS) is 12.1. The van der Waals surface area contributed by atoms with Crippen molar-refractivity contribution in [2.24, 2.45) is 0 Å². The third kappa shape index (κ3) is 2.91. The van der Waals surface area contributed by atoms with E-state index >= 15 is 0 Å². The number of halogens is 3. The van der Waals surface area contributed by atoms with E-state index in [0.29, 0.717) is 0 Å². The zero-order chi connectivity index (χ0) is 12.3. The second-order valence-electron chi connectivity index (χ2n) is 3.14. The molecule has 0 saturated heterocycles. The average molecular weight is 294 g/mol. The summed E-state index contributed by atoms with van der Waals surface area (Å²) in [5, 5.41) is 2.52. The minimum absolute atomic E-state index is 0.0290. The Morgan fingerprint density at radius 3 is 2.62 bits per heavy atom. The lowest BCUT2D eigenvalue weighted by atomic mass is 10.2. The maximum absolute atomic E-state index is 13.3. The lowest BCUT2D eigenvalue weighted by Crippen LogP contribution is -2.27. The van der Waals surface area contributed by atoms with Crippen molar-refractivity contribution in [1.82, 2.24) is 0 Å². The van der Waals surface area contributed by atoms with E-state index in [-0.39, 0.29) is 10.2 Å². The molecule has 1 unspecified atom stereocenters. The monoisotopic (exact) mass is 293 g/mol. The van der Waals surface area contributed by atoms with E-state index in [1.165, 1.54) is 14.0 Å². The Morgan fingerprint density at radius 2 is 2.06 bits per heavy atom. The van der Waals surface area contributed by atoms with Gasteiger partial charge in [-0.3, -0.25) is 0 Å². The third-order valence-corrected chi connectivity index (χ3v) is 2.54. The van der Waals surface area contributed by atoms with Crippen LogP contribution >= 0.6 is 15.9 Å². The molecule has 3 nitrogen and oxygen atoms in total. The first-order chi connectivity index (χ1) is 7.45. The van der Waals surface area contributed by atoms with Crippen molar-refractivity contribution < 1.29 is 18.3 Å². The van der Waals surface area contributed by atoms with Crippen LogP contribution in [0.25, 0.3) is 0 Å². The first-order valence-electron chi connectivity index (χ1n) is 4.44. The molecular weight excluding hydrogens is 284 g/mol. The van der Waals surface area contributed by atoms with Gasteiger partial charge in [-0.05, 0) is 28.9 Å². The predicted octanol–water partition coefficient (Wildman–Crippen LogP) is 2.70. The van der Waals surface area contributed by atoms with E-state index in [0.717, 1.165) is 12.1 Å². The first-order valence-corrected chi connectivity index (χ1v) is 5.24. The number of anilines is 1. The summed E-state index contributed by atoms with van der Waals surface area (Å²) in [4.78, 5) is 11.1. The van der Waals surface area contributed by atoms with Gasteiger partial charge in [0.2, 0.25) is 0 Å². The van der Waals surface area contributed by atoms with Crippen LogP contribution in [0, 0.1) is 11.6 Å². The van der Waals surface area contributed by atoms with Crippen molar-refractivity contribution in [3.63, 3.8) is 0 Å². The van der Waals surface area contributed by atoms with Crippen molar-refractivity contribution >= 4 is 27.6 Å². The fourth-order valence-corrected chi connectivity index (χ4v) is 1.42. The molecule has 1 aromatic rings. The molecule has 0 aliphatic heterocycles. The maximum Gasteiger partial charge on any atom is 0.327 e. The highest BCUT2D eigenvalue weighted by molar-refractivity contribution is 9.10. The Bertz CT molecular complexity index is 412. The van der Waals surface area contributed by atoms with Gasteiger partial charge in [-0.15, -0.1) is 0 Å². The van der Waals surface area contributed by atoms with Crippen molar-refractivity contribution in [1.29, 1.82) is 0 Å². The second kappa shape index (κ2) is 5.25. The quantitative estimate of drug-likeness (QED) is 0.688. The number of hydrogen-bond donors (Lipinski definition) is 1. The fraction of sp³-hybridized carbons (Fsp3) is 0.300. The molecule has 88 valence electrons. The zero-order valence-electron chi connectivity index (χ0n) is 8.68. The Hall–Kier alpha value is -1.17. The molecule has 0 aliphatic rings. The number of carbonyl (C=O) groups excluding carboxylic acids is 1. The number of hydrogen-bond acceptors (Lipinski definition) is 3. The van der Waals surface area contributed by atoms with E-state index in [1.807, 2.05) is 0 Å². The van der Waals surface area contributed by atoms with Gasteiger partial charge in [0.25, 0.3) is 0 Å². The average Bonchev–Trinajstić information content (AvgIpc) is 2.24. The fourth-order valence-electron chi connectivity index (χ4n) is 1.10. The number of benzene rings is 1. The minimum Gasteiger partial charge on any atom is -0.467 e. The molecule has 0 heterocycles. The Balaban J connectivity index is 2.89. The number of ether oxygens (including phenoxy) is 1. The molecule has 1 N–H and O–H groups in total. The van der Waals surface area contributed by atoms with Gasteiger partial charge in [-0.25, -0.2) is 13.6 Å². The number of esters is 1. The summed E-state index contributed by atoms with van der Waals surface area (Å²) in [6.07, 6.45) is 0. The molecule has 16 heavy (non-hydrogen) atoms.